The van der Waals surface area contributed by atoms with Crippen LogP contribution in [0.15, 0.2) is 40.3 Å². The van der Waals surface area contributed by atoms with Gasteiger partial charge in [0.15, 0.2) is 5.78 Å². The molecule has 112 valence electrons. The van der Waals surface area contributed by atoms with Crippen LogP contribution in [0.3, 0.4) is 0 Å². The molecule has 6 nitrogen and oxygen atoms in total. The highest BCUT2D eigenvalue weighted by Gasteiger charge is 2.37. The predicted octanol–water partition coefficient (Wildman–Crippen LogP) is 1.97. The van der Waals surface area contributed by atoms with Crippen LogP contribution in [0.2, 0.25) is 0 Å². The molecule has 1 aromatic carbocycles. The minimum absolute atomic E-state index is 0.0816. The van der Waals surface area contributed by atoms with Crippen LogP contribution in [0.1, 0.15) is 36.3 Å². The molecule has 4 rings (SSSR count). The van der Waals surface area contributed by atoms with Gasteiger partial charge in [-0.15, -0.1) is 0 Å². The number of anilines is 1. The van der Waals surface area contributed by atoms with Gasteiger partial charge in [-0.3, -0.25) is 19.8 Å². The summed E-state index contributed by atoms with van der Waals surface area (Å²) in [7, 11) is 0. The van der Waals surface area contributed by atoms with E-state index in [1.807, 2.05) is 0 Å². The molecule has 0 unspecified atom stereocenters. The Morgan fingerprint density at radius 3 is 2.59 bits per heavy atom. The summed E-state index contributed by atoms with van der Waals surface area (Å²) in [6, 6.07) is 6.67. The number of Topliss-reactive ketones (excluding diaryl/α,β-unsaturated/α-hetero) is 1. The Labute approximate surface area is 125 Å². The Morgan fingerprint density at radius 2 is 1.82 bits per heavy atom. The summed E-state index contributed by atoms with van der Waals surface area (Å²) >= 11 is 0. The first-order valence-corrected chi connectivity index (χ1v) is 7.28. The van der Waals surface area contributed by atoms with Gasteiger partial charge in [0.1, 0.15) is 11.6 Å². The van der Waals surface area contributed by atoms with E-state index in [4.69, 9.17) is 0 Å². The molecule has 1 aliphatic heterocycles. The van der Waals surface area contributed by atoms with Crippen molar-refractivity contribution in [2.45, 2.75) is 25.2 Å². The van der Waals surface area contributed by atoms with Gasteiger partial charge < -0.3 is 10.4 Å². The van der Waals surface area contributed by atoms with E-state index in [9.17, 15) is 14.7 Å². The number of H-pyrrole nitrogens is 2. The Morgan fingerprint density at radius 1 is 1.05 bits per heavy atom. The number of ketones is 1. The van der Waals surface area contributed by atoms with Gasteiger partial charge >= 0.3 is 0 Å². The summed E-state index contributed by atoms with van der Waals surface area (Å²) in [6.45, 7) is 0. The van der Waals surface area contributed by atoms with Crippen molar-refractivity contribution in [1.29, 1.82) is 0 Å². The molecular weight excluding hydrogens is 282 g/mol. The molecule has 1 aliphatic carbocycles. The SMILES string of the molecule is O=C1CCCC2=C1[C@H](c1ccc(O)cc1)c1c([nH][nH]c1=O)N2. The number of benzene rings is 1. The van der Waals surface area contributed by atoms with Crippen molar-refractivity contribution in [2.24, 2.45) is 0 Å². The van der Waals surface area contributed by atoms with Crippen LogP contribution < -0.4 is 10.9 Å². The number of phenolic OH excluding ortho intramolecular Hbond substituents is 1. The van der Waals surface area contributed by atoms with Crippen LogP contribution in [0.4, 0.5) is 5.82 Å². The molecule has 4 N–H and O–H groups in total. The number of rotatable bonds is 1. The Bertz CT molecular complexity index is 842. The predicted molar refractivity (Wildman–Crippen MR) is 80.9 cm³/mol. The van der Waals surface area contributed by atoms with Gasteiger partial charge in [0.2, 0.25) is 0 Å². The monoisotopic (exact) mass is 297 g/mol. The topological polar surface area (TPSA) is 98.0 Å². The van der Waals surface area contributed by atoms with Gasteiger partial charge in [-0.1, -0.05) is 12.1 Å². The first kappa shape index (κ1) is 12.9. The molecule has 2 heterocycles. The molecule has 0 radical (unpaired) electrons. The number of carbonyl (C=O) groups excluding carboxylic acids is 1. The quantitative estimate of drug-likeness (QED) is 0.647. The van der Waals surface area contributed by atoms with Gasteiger partial charge in [-0.25, -0.2) is 0 Å². The third-order valence-corrected chi connectivity index (χ3v) is 4.35. The fourth-order valence-electron chi connectivity index (χ4n) is 3.37. The average molecular weight is 297 g/mol. The van der Waals surface area contributed by atoms with Crippen molar-refractivity contribution in [3.8, 4) is 5.75 Å². The van der Waals surface area contributed by atoms with E-state index in [0.29, 0.717) is 23.4 Å². The largest absolute Gasteiger partial charge is 0.508 e. The molecule has 0 saturated heterocycles. The zero-order valence-electron chi connectivity index (χ0n) is 11.8. The van der Waals surface area contributed by atoms with Crippen molar-refractivity contribution in [2.75, 3.05) is 5.32 Å². The number of aromatic amines is 2. The summed E-state index contributed by atoms with van der Waals surface area (Å²) < 4.78 is 0. The lowest BCUT2D eigenvalue weighted by molar-refractivity contribution is -0.116. The lowest BCUT2D eigenvalue weighted by Gasteiger charge is -2.31. The maximum atomic E-state index is 12.5. The van der Waals surface area contributed by atoms with Crippen LogP contribution in [0, 0.1) is 0 Å². The summed E-state index contributed by atoms with van der Waals surface area (Å²) in [4.78, 5) is 24.6. The van der Waals surface area contributed by atoms with Crippen LogP contribution in [0.25, 0.3) is 0 Å². The van der Waals surface area contributed by atoms with E-state index in [1.165, 1.54) is 0 Å². The zero-order chi connectivity index (χ0) is 15.3. The van der Waals surface area contributed by atoms with Crippen molar-refractivity contribution in [3.05, 3.63) is 57.0 Å². The molecule has 2 aliphatic rings. The number of hydrogen-bond acceptors (Lipinski definition) is 4. The lowest BCUT2D eigenvalue weighted by atomic mass is 9.77. The Balaban J connectivity index is 1.96. The fourth-order valence-corrected chi connectivity index (χ4v) is 3.37. The summed E-state index contributed by atoms with van der Waals surface area (Å²) in [6.07, 6.45) is 2.12. The first-order valence-electron chi connectivity index (χ1n) is 7.28. The second-order valence-corrected chi connectivity index (χ2v) is 5.69. The van der Waals surface area contributed by atoms with Crippen molar-refractivity contribution in [1.82, 2.24) is 10.2 Å². The molecule has 0 amide bonds. The van der Waals surface area contributed by atoms with Crippen LogP contribution in [0.5, 0.6) is 5.75 Å². The maximum Gasteiger partial charge on any atom is 0.270 e. The molecule has 0 fully saturated rings. The molecule has 1 aromatic heterocycles. The molecule has 0 saturated carbocycles. The molecular formula is C16H15N3O3. The number of aromatic hydroxyl groups is 1. The highest BCUT2D eigenvalue weighted by molar-refractivity contribution is 6.00. The minimum atomic E-state index is -0.394. The summed E-state index contributed by atoms with van der Waals surface area (Å²) in [5.74, 6) is 0.467. The van der Waals surface area contributed by atoms with Gasteiger partial charge in [-0.2, -0.15) is 0 Å². The highest BCUT2D eigenvalue weighted by Crippen LogP contribution is 2.43. The molecule has 0 spiro atoms. The number of aromatic nitrogens is 2. The second kappa shape index (κ2) is 4.62. The van der Waals surface area contributed by atoms with E-state index in [2.05, 4.69) is 15.5 Å². The molecule has 0 bridgehead atoms. The summed E-state index contributed by atoms with van der Waals surface area (Å²) in [5, 5.41) is 18.1. The van der Waals surface area contributed by atoms with Gasteiger partial charge in [0.05, 0.1) is 5.56 Å². The second-order valence-electron chi connectivity index (χ2n) is 5.69. The van der Waals surface area contributed by atoms with Crippen molar-refractivity contribution in [3.63, 3.8) is 0 Å². The third kappa shape index (κ3) is 1.80. The number of nitrogens with one attached hydrogen (secondary N) is 3. The van der Waals surface area contributed by atoms with E-state index in [0.717, 1.165) is 24.1 Å². The van der Waals surface area contributed by atoms with Gasteiger partial charge in [0.25, 0.3) is 5.56 Å². The highest BCUT2D eigenvalue weighted by atomic mass is 16.3. The summed E-state index contributed by atoms with van der Waals surface area (Å²) in [5.41, 5.74) is 2.69. The molecule has 1 atom stereocenters. The van der Waals surface area contributed by atoms with Gasteiger partial charge in [-0.05, 0) is 30.5 Å². The van der Waals surface area contributed by atoms with Crippen molar-refractivity contribution < 1.29 is 9.90 Å². The Hall–Kier alpha value is -2.76. The Kier molecular flexibility index (Phi) is 2.72. The van der Waals surface area contributed by atoms with Gasteiger partial charge in [0, 0.05) is 23.6 Å². The smallest absolute Gasteiger partial charge is 0.270 e. The number of fused-ring (bicyclic) bond motifs is 1. The number of allylic oxidation sites excluding steroid dienone is 2. The molecule has 2 aromatic rings. The number of phenols is 1. The van der Waals surface area contributed by atoms with E-state index >= 15 is 0 Å². The van der Waals surface area contributed by atoms with Crippen LogP contribution in [-0.4, -0.2) is 21.1 Å². The normalized spacial score (nSPS) is 20.4. The molecule has 6 heteroatoms. The fraction of sp³-hybridized carbons (Fsp3) is 0.250. The van der Waals surface area contributed by atoms with E-state index in [1.54, 1.807) is 24.3 Å². The minimum Gasteiger partial charge on any atom is -0.508 e. The molecule has 22 heavy (non-hydrogen) atoms. The zero-order valence-corrected chi connectivity index (χ0v) is 11.8. The number of hydrogen-bond donors (Lipinski definition) is 4. The standard InChI is InChI=1S/C16H15N3O3/c20-9-6-4-8(5-7-9)12-13-10(2-1-3-11(13)21)17-15-14(12)16(22)19-18-15/h4-7,12,20H,1-3H2,(H3,17,18,19,22)/t12-/m0/s1. The average Bonchev–Trinajstić information content (AvgIpc) is 2.88. The van der Waals surface area contributed by atoms with Crippen molar-refractivity contribution >= 4 is 11.6 Å². The first-order chi connectivity index (χ1) is 10.6. The third-order valence-electron chi connectivity index (χ3n) is 4.35. The van der Waals surface area contributed by atoms with Crippen LogP contribution in [-0.2, 0) is 4.79 Å². The maximum absolute atomic E-state index is 12.5. The number of carbonyl (C=O) groups is 1. The van der Waals surface area contributed by atoms with E-state index < -0.39 is 5.92 Å². The lowest BCUT2D eigenvalue weighted by Crippen LogP contribution is -2.29. The van der Waals surface area contributed by atoms with E-state index in [-0.39, 0.29) is 17.1 Å². The van der Waals surface area contributed by atoms with Crippen LogP contribution >= 0.6 is 0 Å².